The Bertz CT molecular complexity index is 500. The minimum Gasteiger partial charge on any atom is -0.369 e. The van der Waals surface area contributed by atoms with Crippen molar-refractivity contribution in [3.05, 3.63) is 0 Å². The van der Waals surface area contributed by atoms with E-state index in [1.54, 1.807) is 0 Å². The third kappa shape index (κ3) is 2.29. The molecule has 0 heterocycles. The number of primary amides is 1. The van der Waals surface area contributed by atoms with Crippen molar-refractivity contribution in [3.8, 4) is 0 Å². The van der Waals surface area contributed by atoms with Gasteiger partial charge in [-0.15, -0.1) is 0 Å². The first-order valence-electron chi connectivity index (χ1n) is 6.97. The van der Waals surface area contributed by atoms with Crippen LogP contribution in [0.4, 0.5) is 0 Å². The highest BCUT2D eigenvalue weighted by Gasteiger charge is 2.59. The van der Waals surface area contributed by atoms with Crippen LogP contribution in [0, 0.1) is 22.7 Å². The number of amides is 1. The predicted molar refractivity (Wildman–Crippen MR) is 71.6 cm³/mol. The first-order chi connectivity index (χ1) is 8.72. The molecular weight excluding hydrogens is 264 g/mol. The number of rotatable bonds is 4. The molecule has 4 aliphatic carbocycles. The van der Waals surface area contributed by atoms with Gasteiger partial charge < -0.3 is 5.73 Å². The maximum absolute atomic E-state index is 11.9. The summed E-state index contributed by atoms with van der Waals surface area (Å²) in [6.07, 6.45) is 7.07. The zero-order valence-electron chi connectivity index (χ0n) is 11.3. The second kappa shape index (κ2) is 3.95. The summed E-state index contributed by atoms with van der Waals surface area (Å²) in [5.41, 5.74) is 5.26. The summed E-state index contributed by atoms with van der Waals surface area (Å²) in [5, 5.41) is 0. The fraction of sp³-hybridized carbons (Fsp3) is 0.923. The molecule has 6 heteroatoms. The average Bonchev–Trinajstić information content (AvgIpc) is 2.24. The molecule has 0 aromatic rings. The summed E-state index contributed by atoms with van der Waals surface area (Å²) >= 11 is 0. The van der Waals surface area contributed by atoms with Crippen molar-refractivity contribution in [3.63, 3.8) is 0 Å². The zero-order chi connectivity index (χ0) is 13.9. The smallest absolute Gasteiger partial charge is 0.223 e. The second-order valence-electron chi connectivity index (χ2n) is 7.20. The highest BCUT2D eigenvalue weighted by Crippen LogP contribution is 2.64. The van der Waals surface area contributed by atoms with Crippen LogP contribution in [-0.4, -0.2) is 27.1 Å². The molecule has 2 unspecified atom stereocenters. The van der Waals surface area contributed by atoms with E-state index < -0.39 is 10.0 Å². The van der Waals surface area contributed by atoms with Crippen LogP contribution in [0.5, 0.6) is 0 Å². The molecule has 0 aliphatic heterocycles. The Labute approximate surface area is 114 Å². The van der Waals surface area contributed by atoms with Gasteiger partial charge in [-0.2, -0.15) is 0 Å². The van der Waals surface area contributed by atoms with Gasteiger partial charge in [0.1, 0.15) is 0 Å². The summed E-state index contributed by atoms with van der Waals surface area (Å²) in [5.74, 6) is 0.926. The molecule has 0 saturated heterocycles. The number of hydrogen-bond donors (Lipinski definition) is 2. The van der Waals surface area contributed by atoms with Crippen LogP contribution in [0.3, 0.4) is 0 Å². The van der Waals surface area contributed by atoms with E-state index in [0.717, 1.165) is 32.1 Å². The zero-order valence-corrected chi connectivity index (χ0v) is 12.1. The van der Waals surface area contributed by atoms with Gasteiger partial charge in [0, 0.05) is 6.54 Å². The van der Waals surface area contributed by atoms with Crippen molar-refractivity contribution < 1.29 is 13.2 Å². The summed E-state index contributed by atoms with van der Waals surface area (Å²) < 4.78 is 25.3. The number of carbonyl (C=O) groups is 1. The van der Waals surface area contributed by atoms with Crippen molar-refractivity contribution in [1.29, 1.82) is 0 Å². The van der Waals surface area contributed by atoms with Crippen LogP contribution in [0.15, 0.2) is 0 Å². The van der Waals surface area contributed by atoms with E-state index in [4.69, 9.17) is 5.73 Å². The van der Waals surface area contributed by atoms with Crippen LogP contribution >= 0.6 is 0 Å². The van der Waals surface area contributed by atoms with Crippen molar-refractivity contribution in [1.82, 2.24) is 4.72 Å². The normalized spacial score (nSPS) is 44.5. The molecule has 3 N–H and O–H groups in total. The SMILES string of the molecule is CS(=O)(=O)NCC12CC3CC(C1)CC(C(N)=O)(C3)C2. The standard InChI is InChI=1S/C13H22N2O3S/c1-19(17,18)15-8-12-3-9-2-10(4-12)6-13(5-9,7-12)11(14)16/h9-10,15H,2-8H2,1H3,(H2,14,16). The molecule has 108 valence electrons. The van der Waals surface area contributed by atoms with E-state index in [9.17, 15) is 13.2 Å². The van der Waals surface area contributed by atoms with Crippen molar-refractivity contribution in [2.45, 2.75) is 38.5 Å². The number of nitrogens with one attached hydrogen (secondary N) is 1. The highest BCUT2D eigenvalue weighted by atomic mass is 32.2. The van der Waals surface area contributed by atoms with Crippen LogP contribution in [-0.2, 0) is 14.8 Å². The minimum atomic E-state index is -3.17. The van der Waals surface area contributed by atoms with Crippen molar-refractivity contribution in [2.24, 2.45) is 28.4 Å². The van der Waals surface area contributed by atoms with Gasteiger partial charge >= 0.3 is 0 Å². The summed E-state index contributed by atoms with van der Waals surface area (Å²) in [7, 11) is -3.17. The third-order valence-corrected chi connectivity index (χ3v) is 6.08. The molecular formula is C13H22N2O3S. The fourth-order valence-electron chi connectivity index (χ4n) is 5.23. The largest absolute Gasteiger partial charge is 0.369 e. The Hall–Kier alpha value is -0.620. The molecule has 0 aromatic heterocycles. The summed E-state index contributed by atoms with van der Waals surface area (Å²) in [4.78, 5) is 11.9. The lowest BCUT2D eigenvalue weighted by Gasteiger charge is -2.61. The Morgan fingerprint density at radius 2 is 1.84 bits per heavy atom. The van der Waals surface area contributed by atoms with E-state index in [-0.39, 0.29) is 16.7 Å². The molecule has 5 nitrogen and oxygen atoms in total. The van der Waals surface area contributed by atoms with Crippen LogP contribution in [0.2, 0.25) is 0 Å². The van der Waals surface area contributed by atoms with Gasteiger partial charge in [-0.3, -0.25) is 4.79 Å². The first kappa shape index (κ1) is 13.4. The third-order valence-electron chi connectivity index (χ3n) is 5.41. The maximum atomic E-state index is 11.9. The fourth-order valence-corrected chi connectivity index (χ4v) is 5.80. The Balaban J connectivity index is 1.85. The molecule has 1 amide bonds. The highest BCUT2D eigenvalue weighted by molar-refractivity contribution is 7.88. The van der Waals surface area contributed by atoms with Crippen LogP contribution in [0.25, 0.3) is 0 Å². The quantitative estimate of drug-likeness (QED) is 0.793. The number of nitrogens with two attached hydrogens (primary N) is 1. The van der Waals surface area contributed by atoms with Gasteiger partial charge in [0.25, 0.3) is 0 Å². The molecule has 0 aromatic carbocycles. The molecule has 2 atom stereocenters. The number of hydrogen-bond acceptors (Lipinski definition) is 3. The summed E-state index contributed by atoms with van der Waals surface area (Å²) in [6, 6.07) is 0. The van der Waals surface area contributed by atoms with Crippen LogP contribution < -0.4 is 10.5 Å². The van der Waals surface area contributed by atoms with Gasteiger partial charge in [-0.05, 0) is 55.8 Å². The minimum absolute atomic E-state index is 0.0395. The van der Waals surface area contributed by atoms with Crippen LogP contribution in [0.1, 0.15) is 38.5 Å². The number of carbonyl (C=O) groups excluding carboxylic acids is 1. The monoisotopic (exact) mass is 286 g/mol. The van der Waals surface area contributed by atoms with E-state index in [1.165, 1.54) is 12.7 Å². The predicted octanol–water partition coefficient (Wildman–Crippen LogP) is 0.608. The summed E-state index contributed by atoms with van der Waals surface area (Å²) in [6.45, 7) is 0.466. The number of sulfonamides is 1. The Morgan fingerprint density at radius 1 is 1.26 bits per heavy atom. The van der Waals surface area contributed by atoms with Crippen molar-refractivity contribution >= 4 is 15.9 Å². The van der Waals surface area contributed by atoms with E-state index in [0.29, 0.717) is 18.4 Å². The average molecular weight is 286 g/mol. The lowest BCUT2D eigenvalue weighted by molar-refractivity contribution is -0.153. The maximum Gasteiger partial charge on any atom is 0.223 e. The van der Waals surface area contributed by atoms with Crippen molar-refractivity contribution in [2.75, 3.05) is 12.8 Å². The van der Waals surface area contributed by atoms with Gasteiger partial charge in [-0.25, -0.2) is 13.1 Å². The topological polar surface area (TPSA) is 89.3 Å². The van der Waals surface area contributed by atoms with Gasteiger partial charge in [-0.1, -0.05) is 0 Å². The van der Waals surface area contributed by atoms with Gasteiger partial charge in [0.15, 0.2) is 0 Å². The van der Waals surface area contributed by atoms with Gasteiger partial charge in [0.05, 0.1) is 11.7 Å². The molecule has 19 heavy (non-hydrogen) atoms. The Kier molecular flexibility index (Phi) is 2.78. The first-order valence-corrected chi connectivity index (χ1v) is 8.86. The van der Waals surface area contributed by atoms with E-state index in [1.807, 2.05) is 0 Å². The van der Waals surface area contributed by atoms with Gasteiger partial charge in [0.2, 0.25) is 15.9 Å². The molecule has 4 saturated carbocycles. The lowest BCUT2D eigenvalue weighted by Crippen LogP contribution is -2.59. The lowest BCUT2D eigenvalue weighted by atomic mass is 9.44. The molecule has 4 fully saturated rings. The van der Waals surface area contributed by atoms with E-state index in [2.05, 4.69) is 4.72 Å². The molecule has 0 spiro atoms. The molecule has 0 radical (unpaired) electrons. The van der Waals surface area contributed by atoms with E-state index >= 15 is 0 Å². The molecule has 4 aliphatic rings. The molecule has 4 bridgehead atoms. The Morgan fingerprint density at radius 3 is 2.32 bits per heavy atom. The molecule has 4 rings (SSSR count). The second-order valence-corrected chi connectivity index (χ2v) is 9.03.